The Kier molecular flexibility index (Phi) is 9.51. The molecule has 2 fully saturated rings. The summed E-state index contributed by atoms with van der Waals surface area (Å²) in [6.45, 7) is 3.01. The highest BCUT2D eigenvalue weighted by Gasteiger charge is 2.41. The van der Waals surface area contributed by atoms with Gasteiger partial charge < -0.3 is 19.5 Å². The zero-order valence-electron chi connectivity index (χ0n) is 25.0. The molecule has 2 heterocycles. The molecule has 2 amide bonds. The van der Waals surface area contributed by atoms with Crippen LogP contribution in [0.5, 0.6) is 5.75 Å². The van der Waals surface area contributed by atoms with E-state index in [0.717, 1.165) is 11.6 Å². The van der Waals surface area contributed by atoms with Gasteiger partial charge >= 0.3 is 6.09 Å². The molecule has 0 aliphatic carbocycles. The minimum atomic E-state index is -4.13. The third-order valence-electron chi connectivity index (χ3n) is 7.78. The van der Waals surface area contributed by atoms with E-state index in [0.29, 0.717) is 17.7 Å². The maximum absolute atomic E-state index is 14.4. The van der Waals surface area contributed by atoms with Crippen molar-refractivity contribution in [2.75, 3.05) is 31.6 Å². The van der Waals surface area contributed by atoms with Crippen molar-refractivity contribution >= 4 is 33.5 Å². The van der Waals surface area contributed by atoms with Crippen molar-refractivity contribution in [2.45, 2.75) is 49.5 Å². The van der Waals surface area contributed by atoms with Crippen LogP contribution in [0.25, 0.3) is 0 Å². The van der Waals surface area contributed by atoms with Crippen LogP contribution in [0.3, 0.4) is 0 Å². The molecule has 45 heavy (non-hydrogen) atoms. The van der Waals surface area contributed by atoms with Gasteiger partial charge in [0.1, 0.15) is 0 Å². The summed E-state index contributed by atoms with van der Waals surface area (Å²) in [5.74, 6) is -1.57. The molecule has 0 bridgehead atoms. The number of cyclic esters (lactones) is 1. The first-order valence-electron chi connectivity index (χ1n) is 14.4. The average molecular weight is 640 g/mol. The van der Waals surface area contributed by atoms with Gasteiger partial charge in [0, 0.05) is 24.3 Å². The number of ketones is 1. The van der Waals surface area contributed by atoms with E-state index in [2.05, 4.69) is 5.32 Å². The Balaban J connectivity index is 1.35. The smallest absolute Gasteiger partial charge is 0.415 e. The highest BCUT2D eigenvalue weighted by molar-refractivity contribution is 7.89. The molecule has 13 heteroatoms. The topological polar surface area (TPSA) is 132 Å². The summed E-state index contributed by atoms with van der Waals surface area (Å²) in [7, 11) is -2.84. The number of amides is 2. The Morgan fingerprint density at radius 1 is 1.04 bits per heavy atom. The van der Waals surface area contributed by atoms with Crippen LogP contribution in [0.1, 0.15) is 29.8 Å². The van der Waals surface area contributed by atoms with Crippen LogP contribution < -0.4 is 15.0 Å². The van der Waals surface area contributed by atoms with E-state index >= 15 is 0 Å². The number of halogens is 1. The van der Waals surface area contributed by atoms with Gasteiger partial charge in [-0.2, -0.15) is 4.31 Å². The predicted molar refractivity (Wildman–Crippen MR) is 162 cm³/mol. The molecule has 1 N–H and O–H groups in total. The van der Waals surface area contributed by atoms with Gasteiger partial charge in [0.05, 0.1) is 36.8 Å². The molecule has 4 atom stereocenters. The van der Waals surface area contributed by atoms with Crippen molar-refractivity contribution in [3.05, 3.63) is 89.7 Å². The Bertz CT molecular complexity index is 1670. The Labute approximate surface area is 260 Å². The first-order valence-corrected chi connectivity index (χ1v) is 15.8. The molecule has 0 saturated carbocycles. The Morgan fingerprint density at radius 3 is 2.40 bits per heavy atom. The van der Waals surface area contributed by atoms with E-state index in [9.17, 15) is 27.2 Å². The molecule has 11 nitrogen and oxygen atoms in total. The monoisotopic (exact) mass is 639 g/mol. The van der Waals surface area contributed by atoms with Crippen LogP contribution in [0.15, 0.2) is 77.7 Å². The lowest BCUT2D eigenvalue weighted by Gasteiger charge is -2.40. The van der Waals surface area contributed by atoms with Crippen molar-refractivity contribution in [2.24, 2.45) is 0 Å². The van der Waals surface area contributed by atoms with E-state index in [1.165, 1.54) is 35.4 Å². The first-order chi connectivity index (χ1) is 21.5. The van der Waals surface area contributed by atoms with Gasteiger partial charge in [-0.1, -0.05) is 30.3 Å². The van der Waals surface area contributed by atoms with Crippen LogP contribution in [0, 0.1) is 5.82 Å². The van der Waals surface area contributed by atoms with Gasteiger partial charge in [-0.15, -0.1) is 0 Å². The normalized spacial score (nSPS) is 21.2. The molecule has 0 aromatic heterocycles. The second kappa shape index (κ2) is 13.3. The number of methoxy groups -OCH3 is 1. The van der Waals surface area contributed by atoms with Crippen LogP contribution in [0.4, 0.5) is 14.9 Å². The van der Waals surface area contributed by atoms with Crippen molar-refractivity contribution in [1.29, 1.82) is 0 Å². The largest absolute Gasteiger partial charge is 0.494 e. The highest BCUT2D eigenvalue weighted by atomic mass is 32.2. The second-order valence-electron chi connectivity index (χ2n) is 11.0. The third kappa shape index (κ3) is 7.16. The number of benzene rings is 3. The van der Waals surface area contributed by atoms with Gasteiger partial charge in [-0.25, -0.2) is 17.6 Å². The molecule has 0 spiro atoms. The van der Waals surface area contributed by atoms with Crippen LogP contribution in [-0.2, 0) is 30.7 Å². The molecule has 0 radical (unpaired) electrons. The number of carbonyl (C=O) groups excluding carboxylic acids is 3. The summed E-state index contributed by atoms with van der Waals surface area (Å²) in [5.41, 5.74) is 1.83. The lowest BCUT2D eigenvalue weighted by molar-refractivity contribution is -0.131. The number of hydrogen-bond acceptors (Lipinski definition) is 8. The second-order valence-corrected chi connectivity index (χ2v) is 12.9. The number of nitrogens with one attached hydrogen (secondary N) is 1. The summed E-state index contributed by atoms with van der Waals surface area (Å²) < 4.78 is 59.4. The number of nitrogens with zero attached hydrogens (tertiary/aromatic N) is 2. The average Bonchev–Trinajstić information content (AvgIpc) is 3.42. The molecule has 2 aliphatic rings. The van der Waals surface area contributed by atoms with Crippen LogP contribution in [-0.4, -0.2) is 81.6 Å². The summed E-state index contributed by atoms with van der Waals surface area (Å²) in [5, 5.41) is 2.94. The fourth-order valence-electron chi connectivity index (χ4n) is 5.43. The Hall–Kier alpha value is -4.33. The van der Waals surface area contributed by atoms with E-state index in [1.54, 1.807) is 31.2 Å². The summed E-state index contributed by atoms with van der Waals surface area (Å²) in [4.78, 5) is 38.9. The van der Waals surface area contributed by atoms with Gasteiger partial charge in [-0.3, -0.25) is 14.5 Å². The summed E-state index contributed by atoms with van der Waals surface area (Å²) >= 11 is 0. The number of ether oxygens (including phenoxy) is 3. The van der Waals surface area contributed by atoms with Gasteiger partial charge in [0.15, 0.2) is 23.5 Å². The Morgan fingerprint density at radius 2 is 1.76 bits per heavy atom. The molecule has 3 aromatic rings. The van der Waals surface area contributed by atoms with Crippen LogP contribution >= 0.6 is 0 Å². The number of hydrogen-bond donors (Lipinski definition) is 1. The number of sulfonamides is 1. The number of rotatable bonds is 10. The molecular formula is C32H34FN3O8S. The maximum Gasteiger partial charge on any atom is 0.415 e. The third-order valence-corrected chi connectivity index (χ3v) is 9.60. The number of carbonyl (C=O) groups is 3. The fourth-order valence-corrected chi connectivity index (χ4v) is 6.97. The quantitative estimate of drug-likeness (QED) is 0.333. The lowest BCUT2D eigenvalue weighted by atomic mass is 9.99. The van der Waals surface area contributed by atoms with Gasteiger partial charge in [0.25, 0.3) is 5.91 Å². The standard InChI is InChI=1S/C32H34FN3O8S/c1-20-17-35(45(40,41)25-13-14-28(42-3)26(33)16-25)18-29(43-20)27(15-22-7-5-4-6-8-22)34-31(38)30-19-36(32(39)44-30)24-11-9-23(10-12-24)21(2)37/h4-14,16,20,27,29-30H,15,17-19H2,1-3H3,(H,34,38)/t20?,27-,29+,30-/m0/s1. The SMILES string of the molecule is COc1ccc(S(=O)(=O)N2CC(C)O[C@@H]([C@H](Cc3ccccc3)NC(=O)[C@@H]3CN(c4ccc(C(C)=O)cc4)C(=O)O3)C2)cc1F. The van der Waals surface area contributed by atoms with E-state index in [-0.39, 0.29) is 36.1 Å². The van der Waals surface area contributed by atoms with E-state index < -0.39 is 52.2 Å². The van der Waals surface area contributed by atoms with E-state index in [4.69, 9.17) is 14.2 Å². The zero-order valence-corrected chi connectivity index (χ0v) is 25.8. The molecule has 3 aromatic carbocycles. The predicted octanol–water partition coefficient (Wildman–Crippen LogP) is 3.57. The maximum atomic E-state index is 14.4. The van der Waals surface area contributed by atoms with Crippen molar-refractivity contribution in [3.63, 3.8) is 0 Å². The van der Waals surface area contributed by atoms with E-state index in [1.807, 2.05) is 30.3 Å². The first kappa shape index (κ1) is 32.1. The molecule has 2 saturated heterocycles. The van der Waals surface area contributed by atoms with Crippen molar-refractivity contribution in [3.8, 4) is 5.75 Å². The van der Waals surface area contributed by atoms with Gasteiger partial charge in [0.2, 0.25) is 10.0 Å². The van der Waals surface area contributed by atoms with Crippen molar-refractivity contribution in [1.82, 2.24) is 9.62 Å². The molecule has 238 valence electrons. The number of anilines is 1. The molecular weight excluding hydrogens is 605 g/mol. The van der Waals surface area contributed by atoms with Gasteiger partial charge in [-0.05, 0) is 68.3 Å². The summed E-state index contributed by atoms with van der Waals surface area (Å²) in [6, 6.07) is 18.5. The molecule has 1 unspecified atom stereocenters. The molecule has 5 rings (SSSR count). The lowest BCUT2D eigenvalue weighted by Crippen LogP contribution is -2.58. The minimum Gasteiger partial charge on any atom is -0.494 e. The van der Waals surface area contributed by atoms with Crippen molar-refractivity contribution < 1.29 is 41.4 Å². The fraction of sp³-hybridized carbons (Fsp3) is 0.344. The highest BCUT2D eigenvalue weighted by Crippen LogP contribution is 2.28. The minimum absolute atomic E-state index is 0.0239. The molecule has 2 aliphatic heterocycles. The van der Waals surface area contributed by atoms with Crippen LogP contribution in [0.2, 0.25) is 0 Å². The zero-order chi connectivity index (χ0) is 32.3. The number of morpholine rings is 1. The summed E-state index contributed by atoms with van der Waals surface area (Å²) in [6.07, 6.45) is -2.90. The number of Topliss-reactive ketones (excluding diaryl/α,β-unsaturated/α-hetero) is 1.